The minimum Gasteiger partial charge on any atom is -0.396 e. The molecule has 0 heterocycles. The van der Waals surface area contributed by atoms with Gasteiger partial charge in [-0.25, -0.2) is 0 Å². The van der Waals surface area contributed by atoms with Crippen LogP contribution in [0.5, 0.6) is 0 Å². The largest absolute Gasteiger partial charge is 0.396 e. The van der Waals surface area contributed by atoms with Crippen LogP contribution in [0.25, 0.3) is 11.1 Å². The van der Waals surface area contributed by atoms with E-state index in [9.17, 15) is 5.11 Å². The van der Waals surface area contributed by atoms with Gasteiger partial charge in [0.2, 0.25) is 0 Å². The van der Waals surface area contributed by atoms with Crippen molar-refractivity contribution in [3.05, 3.63) is 60.2 Å². The zero-order chi connectivity index (χ0) is 14.5. The number of ether oxygens (including phenoxy) is 1. The van der Waals surface area contributed by atoms with Crippen molar-refractivity contribution in [1.82, 2.24) is 0 Å². The fourth-order valence-electron chi connectivity index (χ4n) is 3.10. The van der Waals surface area contributed by atoms with Crippen molar-refractivity contribution in [2.45, 2.75) is 32.0 Å². The molecule has 0 aliphatic heterocycles. The van der Waals surface area contributed by atoms with Gasteiger partial charge < -0.3 is 9.84 Å². The number of benzene rings is 2. The molecular weight excluding hydrogens is 260 g/mol. The van der Waals surface area contributed by atoms with Crippen molar-refractivity contribution >= 4 is 0 Å². The van der Waals surface area contributed by atoms with Gasteiger partial charge in [0.15, 0.2) is 0 Å². The summed E-state index contributed by atoms with van der Waals surface area (Å²) in [6.45, 7) is 0.939. The van der Waals surface area contributed by atoms with E-state index in [0.717, 1.165) is 19.3 Å². The van der Waals surface area contributed by atoms with Crippen LogP contribution in [0, 0.1) is 5.92 Å². The summed E-state index contributed by atoms with van der Waals surface area (Å²) < 4.78 is 6.07. The number of rotatable bonds is 5. The van der Waals surface area contributed by atoms with E-state index >= 15 is 0 Å². The second-order valence-electron chi connectivity index (χ2n) is 5.82. The van der Waals surface area contributed by atoms with Crippen molar-refractivity contribution < 1.29 is 9.84 Å². The van der Waals surface area contributed by atoms with Gasteiger partial charge in [-0.1, -0.05) is 54.6 Å². The van der Waals surface area contributed by atoms with E-state index in [4.69, 9.17) is 4.74 Å². The molecule has 2 nitrogen and oxygen atoms in total. The molecule has 0 bridgehead atoms. The number of aliphatic hydroxyl groups excluding tert-OH is 1. The van der Waals surface area contributed by atoms with Crippen LogP contribution in [0.2, 0.25) is 0 Å². The van der Waals surface area contributed by atoms with E-state index in [0.29, 0.717) is 25.2 Å². The molecule has 1 N–H and O–H groups in total. The van der Waals surface area contributed by atoms with Crippen LogP contribution in [0.15, 0.2) is 54.6 Å². The van der Waals surface area contributed by atoms with Crippen LogP contribution < -0.4 is 0 Å². The fourth-order valence-corrected chi connectivity index (χ4v) is 3.10. The summed E-state index contributed by atoms with van der Waals surface area (Å²) in [6, 6.07) is 18.9. The monoisotopic (exact) mass is 282 g/mol. The summed E-state index contributed by atoms with van der Waals surface area (Å²) in [5.74, 6) is 0.430. The van der Waals surface area contributed by atoms with E-state index in [1.54, 1.807) is 0 Å². The highest BCUT2D eigenvalue weighted by Gasteiger charge is 2.24. The van der Waals surface area contributed by atoms with Gasteiger partial charge in [0.05, 0.1) is 12.7 Å². The van der Waals surface area contributed by atoms with Crippen LogP contribution in [-0.4, -0.2) is 17.8 Å². The predicted molar refractivity (Wildman–Crippen MR) is 84.9 cm³/mol. The molecule has 2 aromatic rings. The lowest BCUT2D eigenvalue weighted by Gasteiger charge is -2.15. The molecule has 0 unspecified atom stereocenters. The molecule has 0 aromatic heterocycles. The summed E-state index contributed by atoms with van der Waals surface area (Å²) in [7, 11) is 0. The predicted octanol–water partition coefficient (Wildman–Crippen LogP) is 4.03. The zero-order valence-electron chi connectivity index (χ0n) is 12.2. The third kappa shape index (κ3) is 3.52. The number of hydrogen-bond acceptors (Lipinski definition) is 2. The second-order valence-corrected chi connectivity index (χ2v) is 5.82. The van der Waals surface area contributed by atoms with Crippen LogP contribution in [0.1, 0.15) is 24.8 Å². The average molecular weight is 282 g/mol. The Morgan fingerprint density at radius 1 is 0.952 bits per heavy atom. The first kappa shape index (κ1) is 14.3. The lowest BCUT2D eigenvalue weighted by atomic mass is 10.0. The molecule has 2 atom stereocenters. The third-order valence-corrected chi connectivity index (χ3v) is 4.33. The third-order valence-electron chi connectivity index (χ3n) is 4.33. The Bertz CT molecular complexity index is 565. The first-order valence-electron chi connectivity index (χ1n) is 7.72. The van der Waals surface area contributed by atoms with Gasteiger partial charge in [-0.05, 0) is 41.9 Å². The molecule has 1 fully saturated rings. The maximum absolute atomic E-state index is 9.21. The minimum atomic E-state index is 0.292. The van der Waals surface area contributed by atoms with Crippen LogP contribution in [-0.2, 0) is 11.3 Å². The lowest BCUT2D eigenvalue weighted by Crippen LogP contribution is -2.10. The Kier molecular flexibility index (Phi) is 4.69. The molecule has 0 saturated heterocycles. The molecule has 21 heavy (non-hydrogen) atoms. The summed E-state index contributed by atoms with van der Waals surface area (Å²) in [5.41, 5.74) is 3.71. The summed E-state index contributed by atoms with van der Waals surface area (Å²) in [4.78, 5) is 0. The molecule has 110 valence electrons. The summed E-state index contributed by atoms with van der Waals surface area (Å²) in [6.07, 6.45) is 3.44. The Morgan fingerprint density at radius 3 is 2.48 bits per heavy atom. The van der Waals surface area contributed by atoms with E-state index < -0.39 is 0 Å². The summed E-state index contributed by atoms with van der Waals surface area (Å²) >= 11 is 0. The van der Waals surface area contributed by atoms with Crippen molar-refractivity contribution in [2.24, 2.45) is 5.92 Å². The van der Waals surface area contributed by atoms with Gasteiger partial charge in [0.1, 0.15) is 0 Å². The minimum absolute atomic E-state index is 0.292. The highest BCUT2D eigenvalue weighted by molar-refractivity contribution is 5.66. The van der Waals surface area contributed by atoms with Gasteiger partial charge in [0.25, 0.3) is 0 Å². The highest BCUT2D eigenvalue weighted by atomic mass is 16.5. The lowest BCUT2D eigenvalue weighted by molar-refractivity contribution is 0.0409. The number of hydrogen-bond donors (Lipinski definition) is 1. The van der Waals surface area contributed by atoms with E-state index in [1.807, 2.05) is 6.07 Å². The van der Waals surface area contributed by atoms with E-state index in [2.05, 4.69) is 48.5 Å². The van der Waals surface area contributed by atoms with Gasteiger partial charge in [0, 0.05) is 6.61 Å². The van der Waals surface area contributed by atoms with Gasteiger partial charge >= 0.3 is 0 Å². The van der Waals surface area contributed by atoms with Gasteiger partial charge in [-0.2, -0.15) is 0 Å². The first-order chi connectivity index (χ1) is 10.4. The van der Waals surface area contributed by atoms with Crippen molar-refractivity contribution in [2.75, 3.05) is 6.61 Å². The molecule has 2 heteroatoms. The first-order valence-corrected chi connectivity index (χ1v) is 7.72. The van der Waals surface area contributed by atoms with E-state index in [1.165, 1.54) is 16.7 Å². The molecule has 0 amide bonds. The van der Waals surface area contributed by atoms with Gasteiger partial charge in [-0.3, -0.25) is 0 Å². The smallest absolute Gasteiger partial charge is 0.0726 e. The Hall–Kier alpha value is -1.64. The topological polar surface area (TPSA) is 29.5 Å². The molecule has 0 radical (unpaired) electrons. The highest BCUT2D eigenvalue weighted by Crippen LogP contribution is 2.29. The SMILES string of the molecule is OC[C@H]1CC[C@H](OCc2ccccc2-c2ccccc2)C1. The quantitative estimate of drug-likeness (QED) is 0.897. The standard InChI is InChI=1S/C19H22O2/c20-13-15-10-11-18(12-15)21-14-17-8-4-5-9-19(17)16-6-2-1-3-7-16/h1-9,15,18,20H,10-14H2/t15-,18-/m0/s1. The van der Waals surface area contributed by atoms with Crippen molar-refractivity contribution in [3.63, 3.8) is 0 Å². The molecule has 1 aliphatic rings. The van der Waals surface area contributed by atoms with Crippen molar-refractivity contribution in [1.29, 1.82) is 0 Å². The Morgan fingerprint density at radius 2 is 1.71 bits per heavy atom. The molecule has 3 rings (SSSR count). The van der Waals surface area contributed by atoms with E-state index in [-0.39, 0.29) is 0 Å². The maximum Gasteiger partial charge on any atom is 0.0726 e. The number of aliphatic hydroxyl groups is 1. The maximum atomic E-state index is 9.21. The molecule has 1 aliphatic carbocycles. The zero-order valence-corrected chi connectivity index (χ0v) is 12.2. The molecule has 0 spiro atoms. The molecular formula is C19H22O2. The summed E-state index contributed by atoms with van der Waals surface area (Å²) in [5, 5.41) is 9.21. The van der Waals surface area contributed by atoms with Crippen LogP contribution in [0.4, 0.5) is 0 Å². The van der Waals surface area contributed by atoms with Crippen LogP contribution in [0.3, 0.4) is 0 Å². The van der Waals surface area contributed by atoms with Crippen molar-refractivity contribution in [3.8, 4) is 11.1 Å². The Balaban J connectivity index is 1.69. The van der Waals surface area contributed by atoms with Crippen LogP contribution >= 0.6 is 0 Å². The second kappa shape index (κ2) is 6.88. The fraction of sp³-hybridized carbons (Fsp3) is 0.368. The molecule has 1 saturated carbocycles. The average Bonchev–Trinajstić information content (AvgIpc) is 3.02. The Labute approximate surface area is 126 Å². The normalized spacial score (nSPS) is 21.6. The molecule has 2 aromatic carbocycles. The van der Waals surface area contributed by atoms with Gasteiger partial charge in [-0.15, -0.1) is 0 Å².